The molecule has 0 aromatic heterocycles. The highest BCUT2D eigenvalue weighted by molar-refractivity contribution is 5.81. The van der Waals surface area contributed by atoms with Gasteiger partial charge in [0.1, 0.15) is 5.78 Å². The molecule has 0 aliphatic heterocycles. The fourth-order valence-corrected chi connectivity index (χ4v) is 0.846. The Morgan fingerprint density at radius 3 is 1.67 bits per heavy atom. The molecule has 12 heavy (non-hydrogen) atoms. The average Bonchev–Trinajstić information content (AvgIpc) is 2.06. The van der Waals surface area contributed by atoms with Crippen LogP contribution in [-0.4, -0.2) is 5.78 Å². The highest BCUT2D eigenvalue weighted by atomic mass is 16.1. The van der Waals surface area contributed by atoms with E-state index in [0.29, 0.717) is 18.6 Å². The summed E-state index contributed by atoms with van der Waals surface area (Å²) in [4.78, 5) is 11.1. The third kappa shape index (κ3) is 7.26. The number of allylic oxidation sites excluding steroid dienone is 4. The van der Waals surface area contributed by atoms with Crippen LogP contribution in [0.2, 0.25) is 0 Å². The molecule has 0 saturated carbocycles. The van der Waals surface area contributed by atoms with Crippen LogP contribution in [0.3, 0.4) is 0 Å². The second kappa shape index (κ2) is 8.25. The molecule has 0 aliphatic carbocycles. The summed E-state index contributed by atoms with van der Waals surface area (Å²) in [5.74, 6) is 0.296. The summed E-state index contributed by atoms with van der Waals surface area (Å²) in [5.41, 5.74) is 0. The van der Waals surface area contributed by atoms with Crippen molar-refractivity contribution in [3.8, 4) is 0 Å². The Balaban J connectivity index is 3.46. The van der Waals surface area contributed by atoms with Gasteiger partial charge in [0.25, 0.3) is 0 Å². The molecule has 0 aliphatic rings. The number of hydrogen-bond donors (Lipinski definition) is 0. The maximum Gasteiger partial charge on any atom is 0.140 e. The largest absolute Gasteiger partial charge is 0.299 e. The molecule has 0 saturated heterocycles. The monoisotopic (exact) mass is 166 g/mol. The first-order chi connectivity index (χ1) is 5.81. The molecular formula is C11H18O. The van der Waals surface area contributed by atoms with Crippen LogP contribution in [0.1, 0.15) is 39.5 Å². The van der Waals surface area contributed by atoms with E-state index in [1.165, 1.54) is 0 Å². The molecule has 0 radical (unpaired) electrons. The molecule has 68 valence electrons. The number of ketones is 1. The summed E-state index contributed by atoms with van der Waals surface area (Å²) in [6, 6.07) is 0. The van der Waals surface area contributed by atoms with Crippen LogP contribution in [-0.2, 0) is 4.79 Å². The van der Waals surface area contributed by atoms with Crippen molar-refractivity contribution in [2.24, 2.45) is 0 Å². The lowest BCUT2D eigenvalue weighted by molar-refractivity contribution is -0.117. The van der Waals surface area contributed by atoms with Gasteiger partial charge in [0.15, 0.2) is 0 Å². The van der Waals surface area contributed by atoms with Gasteiger partial charge < -0.3 is 0 Å². The smallest absolute Gasteiger partial charge is 0.140 e. The van der Waals surface area contributed by atoms with E-state index in [4.69, 9.17) is 0 Å². The van der Waals surface area contributed by atoms with E-state index in [0.717, 1.165) is 12.8 Å². The molecule has 1 nitrogen and oxygen atoms in total. The summed E-state index contributed by atoms with van der Waals surface area (Å²) in [6.07, 6.45) is 11.1. The molecule has 0 spiro atoms. The van der Waals surface area contributed by atoms with Crippen molar-refractivity contribution in [2.45, 2.75) is 39.5 Å². The van der Waals surface area contributed by atoms with Crippen molar-refractivity contribution in [2.75, 3.05) is 0 Å². The van der Waals surface area contributed by atoms with Crippen LogP contribution in [0.25, 0.3) is 0 Å². The fourth-order valence-electron chi connectivity index (χ4n) is 0.846. The molecule has 0 rings (SSSR count). The predicted molar refractivity (Wildman–Crippen MR) is 53.1 cm³/mol. The van der Waals surface area contributed by atoms with Gasteiger partial charge in [-0.1, -0.05) is 38.2 Å². The number of rotatable bonds is 6. The molecule has 0 unspecified atom stereocenters. The van der Waals surface area contributed by atoms with E-state index in [9.17, 15) is 4.79 Å². The summed E-state index contributed by atoms with van der Waals surface area (Å²) in [7, 11) is 0. The maximum absolute atomic E-state index is 11.1. The van der Waals surface area contributed by atoms with Crippen LogP contribution in [0.15, 0.2) is 24.3 Å². The van der Waals surface area contributed by atoms with Crippen molar-refractivity contribution >= 4 is 5.78 Å². The summed E-state index contributed by atoms with van der Waals surface area (Å²) in [6.45, 7) is 4.13. The zero-order chi connectivity index (χ0) is 9.23. The molecule has 0 aromatic rings. The minimum Gasteiger partial charge on any atom is -0.299 e. The molecule has 0 heterocycles. The third-order valence-electron chi connectivity index (χ3n) is 1.50. The number of carbonyl (C=O) groups is 1. The first-order valence-corrected chi connectivity index (χ1v) is 4.63. The van der Waals surface area contributed by atoms with Gasteiger partial charge in [0, 0.05) is 12.8 Å². The molecule has 0 aromatic carbocycles. The van der Waals surface area contributed by atoms with Crippen LogP contribution in [0, 0.1) is 0 Å². The zero-order valence-electron chi connectivity index (χ0n) is 8.05. The lowest BCUT2D eigenvalue weighted by Crippen LogP contribution is -1.91. The van der Waals surface area contributed by atoms with E-state index in [1.807, 2.05) is 24.3 Å². The van der Waals surface area contributed by atoms with E-state index in [2.05, 4.69) is 13.8 Å². The van der Waals surface area contributed by atoms with Gasteiger partial charge in [0.2, 0.25) is 0 Å². The van der Waals surface area contributed by atoms with Crippen molar-refractivity contribution in [3.05, 3.63) is 24.3 Å². The first kappa shape index (κ1) is 11.2. The summed E-state index contributed by atoms with van der Waals surface area (Å²) in [5, 5.41) is 0. The topological polar surface area (TPSA) is 17.1 Å². The summed E-state index contributed by atoms with van der Waals surface area (Å²) >= 11 is 0. The highest BCUT2D eigenvalue weighted by Gasteiger charge is 1.93. The molecular weight excluding hydrogens is 148 g/mol. The van der Waals surface area contributed by atoms with Gasteiger partial charge in [0.05, 0.1) is 0 Å². The SMILES string of the molecule is CCC=CCC(=O)CC=CCC. The number of Topliss-reactive ketones (excluding diaryl/α,β-unsaturated/α-hetero) is 1. The predicted octanol–water partition coefficient (Wildman–Crippen LogP) is 3.27. The van der Waals surface area contributed by atoms with Gasteiger partial charge >= 0.3 is 0 Å². The molecule has 0 atom stereocenters. The third-order valence-corrected chi connectivity index (χ3v) is 1.50. The second-order valence-electron chi connectivity index (χ2n) is 2.71. The first-order valence-electron chi connectivity index (χ1n) is 4.63. The van der Waals surface area contributed by atoms with Crippen LogP contribution in [0.5, 0.6) is 0 Å². The Morgan fingerprint density at radius 1 is 0.917 bits per heavy atom. The van der Waals surface area contributed by atoms with Gasteiger partial charge in [-0.3, -0.25) is 4.79 Å². The Hall–Kier alpha value is -0.850. The maximum atomic E-state index is 11.1. The number of hydrogen-bond acceptors (Lipinski definition) is 1. The molecule has 1 heteroatoms. The summed E-state index contributed by atoms with van der Waals surface area (Å²) < 4.78 is 0. The molecule has 0 amide bonds. The van der Waals surface area contributed by atoms with Gasteiger partial charge in [-0.15, -0.1) is 0 Å². The van der Waals surface area contributed by atoms with Crippen LogP contribution >= 0.6 is 0 Å². The zero-order valence-corrected chi connectivity index (χ0v) is 8.05. The van der Waals surface area contributed by atoms with Crippen molar-refractivity contribution < 1.29 is 4.79 Å². The van der Waals surface area contributed by atoms with Crippen molar-refractivity contribution in [1.82, 2.24) is 0 Å². The molecule has 0 N–H and O–H groups in total. The second-order valence-corrected chi connectivity index (χ2v) is 2.71. The van der Waals surface area contributed by atoms with Crippen LogP contribution < -0.4 is 0 Å². The van der Waals surface area contributed by atoms with Gasteiger partial charge in [-0.05, 0) is 12.8 Å². The minimum absolute atomic E-state index is 0.296. The number of carbonyl (C=O) groups excluding carboxylic acids is 1. The van der Waals surface area contributed by atoms with Gasteiger partial charge in [-0.25, -0.2) is 0 Å². The minimum atomic E-state index is 0.296. The van der Waals surface area contributed by atoms with E-state index in [1.54, 1.807) is 0 Å². The van der Waals surface area contributed by atoms with E-state index < -0.39 is 0 Å². The lowest BCUT2D eigenvalue weighted by Gasteiger charge is -1.89. The quantitative estimate of drug-likeness (QED) is 0.553. The molecule has 0 fully saturated rings. The van der Waals surface area contributed by atoms with Gasteiger partial charge in [-0.2, -0.15) is 0 Å². The molecule has 0 bridgehead atoms. The van der Waals surface area contributed by atoms with Crippen LogP contribution in [0.4, 0.5) is 0 Å². The van der Waals surface area contributed by atoms with Crippen molar-refractivity contribution in [3.63, 3.8) is 0 Å². The van der Waals surface area contributed by atoms with Crippen molar-refractivity contribution in [1.29, 1.82) is 0 Å². The lowest BCUT2D eigenvalue weighted by atomic mass is 10.2. The Bertz CT molecular complexity index is 148. The standard InChI is InChI=1S/C11H18O/c1-3-5-7-9-11(12)10-8-6-4-2/h5-8H,3-4,9-10H2,1-2H3. The Morgan fingerprint density at radius 2 is 1.33 bits per heavy atom. The van der Waals surface area contributed by atoms with E-state index >= 15 is 0 Å². The fraction of sp³-hybridized carbons (Fsp3) is 0.545. The Labute approximate surface area is 75.2 Å². The Kier molecular flexibility index (Phi) is 7.66. The average molecular weight is 166 g/mol. The highest BCUT2D eigenvalue weighted by Crippen LogP contribution is 1.95. The van der Waals surface area contributed by atoms with E-state index in [-0.39, 0.29) is 0 Å². The normalized spacial score (nSPS) is 11.5.